The Labute approximate surface area is 163 Å². The van der Waals surface area contributed by atoms with Crippen LogP contribution in [0.15, 0.2) is 36.4 Å². The largest absolute Gasteiger partial charge is 0.376 e. The average Bonchev–Trinajstić information content (AvgIpc) is 2.62. The number of rotatable bonds is 6. The Kier molecular flexibility index (Phi) is 6.89. The van der Waals surface area contributed by atoms with Crippen LogP contribution in [-0.2, 0) is 4.79 Å². The number of hydrogen-bond donors (Lipinski definition) is 3. The molecule has 0 spiro atoms. The van der Waals surface area contributed by atoms with Crippen molar-refractivity contribution >= 4 is 40.7 Å². The van der Waals surface area contributed by atoms with E-state index in [2.05, 4.69) is 16.0 Å². The van der Waals surface area contributed by atoms with Crippen LogP contribution in [0.2, 0.25) is 10.0 Å². The van der Waals surface area contributed by atoms with Crippen molar-refractivity contribution in [3.05, 3.63) is 63.1 Å². The Morgan fingerprint density at radius 3 is 2.50 bits per heavy atom. The molecular weight excluding hydrogens is 373 g/mol. The van der Waals surface area contributed by atoms with Gasteiger partial charge in [-0.25, -0.2) is 0 Å². The van der Waals surface area contributed by atoms with Crippen LogP contribution in [-0.4, -0.2) is 25.4 Å². The van der Waals surface area contributed by atoms with Crippen molar-refractivity contribution in [3.63, 3.8) is 0 Å². The van der Waals surface area contributed by atoms with Crippen molar-refractivity contribution in [2.75, 3.05) is 18.9 Å². The van der Waals surface area contributed by atoms with Crippen LogP contribution in [0.25, 0.3) is 0 Å². The van der Waals surface area contributed by atoms with Gasteiger partial charge in [-0.15, -0.1) is 0 Å². The van der Waals surface area contributed by atoms with E-state index in [9.17, 15) is 9.59 Å². The molecule has 0 heterocycles. The van der Waals surface area contributed by atoms with Crippen molar-refractivity contribution in [1.29, 1.82) is 0 Å². The summed E-state index contributed by atoms with van der Waals surface area (Å²) in [6, 6.07) is 10.4. The molecule has 2 rings (SSSR count). The van der Waals surface area contributed by atoms with E-state index in [0.717, 1.165) is 16.8 Å². The van der Waals surface area contributed by atoms with E-state index in [-0.39, 0.29) is 24.4 Å². The summed E-state index contributed by atoms with van der Waals surface area (Å²) in [6.07, 6.45) is 0. The topological polar surface area (TPSA) is 70.2 Å². The van der Waals surface area contributed by atoms with Crippen LogP contribution in [0.5, 0.6) is 0 Å². The zero-order valence-corrected chi connectivity index (χ0v) is 16.3. The Bertz CT molecular complexity index is 824. The first-order valence-corrected chi connectivity index (χ1v) is 8.89. The Morgan fingerprint density at radius 1 is 1.12 bits per heavy atom. The molecule has 26 heavy (non-hydrogen) atoms. The Balaban J connectivity index is 1.98. The molecule has 0 fully saturated rings. The molecular formula is C19H21Cl2N3O2. The quantitative estimate of drug-likeness (QED) is 0.695. The van der Waals surface area contributed by atoms with Gasteiger partial charge in [0.15, 0.2) is 0 Å². The molecule has 0 radical (unpaired) electrons. The van der Waals surface area contributed by atoms with Crippen LogP contribution >= 0.6 is 23.2 Å². The molecule has 0 aromatic heterocycles. The lowest BCUT2D eigenvalue weighted by atomic mass is 10.1. The summed E-state index contributed by atoms with van der Waals surface area (Å²) in [5.74, 6) is -0.336. The van der Waals surface area contributed by atoms with Gasteiger partial charge in [0.25, 0.3) is 5.91 Å². The highest BCUT2D eigenvalue weighted by Crippen LogP contribution is 2.25. The standard InChI is InChI=1S/C19H21Cl2N3O2/c1-11-14(19(26)22-3)5-4-6-17(11)23-10-18(25)24-12(2)13-7-8-15(20)16(21)9-13/h4-9,12,23H,10H2,1-3H3,(H,22,26)(H,24,25). The van der Waals surface area contributed by atoms with E-state index < -0.39 is 0 Å². The zero-order valence-electron chi connectivity index (χ0n) is 14.8. The number of nitrogens with one attached hydrogen (secondary N) is 3. The van der Waals surface area contributed by atoms with E-state index >= 15 is 0 Å². The molecule has 7 heteroatoms. The lowest BCUT2D eigenvalue weighted by Gasteiger charge is -2.17. The van der Waals surface area contributed by atoms with Crippen molar-refractivity contribution in [1.82, 2.24) is 10.6 Å². The third-order valence-electron chi connectivity index (χ3n) is 4.07. The number of benzene rings is 2. The van der Waals surface area contributed by atoms with Gasteiger partial charge in [0, 0.05) is 18.3 Å². The van der Waals surface area contributed by atoms with Gasteiger partial charge in [-0.2, -0.15) is 0 Å². The van der Waals surface area contributed by atoms with Gasteiger partial charge in [-0.05, 0) is 49.2 Å². The van der Waals surface area contributed by atoms with Crippen LogP contribution in [0, 0.1) is 6.92 Å². The monoisotopic (exact) mass is 393 g/mol. The number of carbonyl (C=O) groups excluding carboxylic acids is 2. The summed E-state index contributed by atoms with van der Waals surface area (Å²) in [5.41, 5.74) is 2.97. The first-order valence-electron chi connectivity index (χ1n) is 8.13. The van der Waals surface area contributed by atoms with Crippen molar-refractivity contribution in [3.8, 4) is 0 Å². The van der Waals surface area contributed by atoms with E-state index in [0.29, 0.717) is 15.6 Å². The molecule has 2 aromatic rings. The summed E-state index contributed by atoms with van der Waals surface area (Å²) >= 11 is 11.9. The third-order valence-corrected chi connectivity index (χ3v) is 4.81. The zero-order chi connectivity index (χ0) is 19.3. The maximum Gasteiger partial charge on any atom is 0.251 e. The van der Waals surface area contributed by atoms with Crippen LogP contribution in [0.3, 0.4) is 0 Å². The lowest BCUT2D eigenvalue weighted by molar-refractivity contribution is -0.120. The molecule has 1 unspecified atom stereocenters. The highest BCUT2D eigenvalue weighted by molar-refractivity contribution is 6.42. The summed E-state index contributed by atoms with van der Waals surface area (Å²) in [6.45, 7) is 3.79. The predicted molar refractivity (Wildman–Crippen MR) is 106 cm³/mol. The smallest absolute Gasteiger partial charge is 0.251 e. The minimum absolute atomic E-state index is 0.0870. The van der Waals surface area contributed by atoms with E-state index in [1.54, 1.807) is 31.3 Å². The molecule has 3 N–H and O–H groups in total. The van der Waals surface area contributed by atoms with Crippen LogP contribution < -0.4 is 16.0 Å². The Hall–Kier alpha value is -2.24. The first-order chi connectivity index (χ1) is 12.3. The summed E-state index contributed by atoms with van der Waals surface area (Å²) in [7, 11) is 1.58. The second-order valence-corrected chi connectivity index (χ2v) is 6.69. The number of carbonyl (C=O) groups is 2. The van der Waals surface area contributed by atoms with E-state index in [4.69, 9.17) is 23.2 Å². The number of anilines is 1. The van der Waals surface area contributed by atoms with Crippen LogP contribution in [0.4, 0.5) is 5.69 Å². The van der Waals surface area contributed by atoms with Crippen molar-refractivity contribution in [2.24, 2.45) is 0 Å². The lowest BCUT2D eigenvalue weighted by Crippen LogP contribution is -2.32. The van der Waals surface area contributed by atoms with E-state index in [1.807, 2.05) is 26.0 Å². The highest BCUT2D eigenvalue weighted by Gasteiger charge is 2.13. The molecule has 0 aliphatic carbocycles. The van der Waals surface area contributed by atoms with Gasteiger partial charge >= 0.3 is 0 Å². The minimum atomic E-state index is -0.211. The minimum Gasteiger partial charge on any atom is -0.376 e. The predicted octanol–water partition coefficient (Wildman–Crippen LogP) is 3.95. The van der Waals surface area contributed by atoms with Gasteiger partial charge in [0.05, 0.1) is 22.6 Å². The number of hydrogen-bond acceptors (Lipinski definition) is 3. The molecule has 138 valence electrons. The Morgan fingerprint density at radius 2 is 1.85 bits per heavy atom. The maximum atomic E-state index is 12.2. The molecule has 5 nitrogen and oxygen atoms in total. The maximum absolute atomic E-state index is 12.2. The fourth-order valence-electron chi connectivity index (χ4n) is 2.54. The second-order valence-electron chi connectivity index (χ2n) is 5.87. The summed E-state index contributed by atoms with van der Waals surface area (Å²) in [5, 5.41) is 9.49. The van der Waals surface area contributed by atoms with Gasteiger partial charge < -0.3 is 16.0 Å². The molecule has 0 saturated heterocycles. The number of amides is 2. The van der Waals surface area contributed by atoms with Gasteiger partial charge in [-0.3, -0.25) is 9.59 Å². The number of halogens is 2. The molecule has 2 amide bonds. The van der Waals surface area contributed by atoms with Crippen molar-refractivity contribution in [2.45, 2.75) is 19.9 Å². The molecule has 0 bridgehead atoms. The summed E-state index contributed by atoms with van der Waals surface area (Å²) < 4.78 is 0. The summed E-state index contributed by atoms with van der Waals surface area (Å²) in [4.78, 5) is 24.1. The van der Waals surface area contributed by atoms with Gasteiger partial charge in [0.1, 0.15) is 0 Å². The SMILES string of the molecule is CNC(=O)c1cccc(NCC(=O)NC(C)c2ccc(Cl)c(Cl)c2)c1C. The highest BCUT2D eigenvalue weighted by atomic mass is 35.5. The van der Waals surface area contributed by atoms with Crippen molar-refractivity contribution < 1.29 is 9.59 Å². The molecule has 0 saturated carbocycles. The van der Waals surface area contributed by atoms with Crippen LogP contribution in [0.1, 0.15) is 34.5 Å². The molecule has 1 atom stereocenters. The fourth-order valence-corrected chi connectivity index (χ4v) is 2.85. The molecule has 0 aliphatic heterocycles. The normalized spacial score (nSPS) is 11.6. The fraction of sp³-hybridized carbons (Fsp3) is 0.263. The van der Waals surface area contributed by atoms with Gasteiger partial charge in [0.2, 0.25) is 5.91 Å². The first kappa shape index (κ1) is 20.1. The second kappa shape index (κ2) is 8.92. The molecule has 0 aliphatic rings. The third kappa shape index (κ3) is 4.90. The van der Waals surface area contributed by atoms with E-state index in [1.165, 1.54) is 0 Å². The average molecular weight is 394 g/mol. The molecule has 2 aromatic carbocycles. The van der Waals surface area contributed by atoms with Gasteiger partial charge in [-0.1, -0.05) is 35.3 Å².